The molecule has 1 aliphatic rings. The number of anilines is 1. The summed E-state index contributed by atoms with van der Waals surface area (Å²) in [7, 11) is 6.05. The maximum Gasteiger partial charge on any atom is 0.135 e. The van der Waals surface area contributed by atoms with Crippen LogP contribution in [-0.4, -0.2) is 55.2 Å². The van der Waals surface area contributed by atoms with Crippen molar-refractivity contribution in [1.29, 1.82) is 0 Å². The molecule has 5 nitrogen and oxygen atoms in total. The van der Waals surface area contributed by atoms with Crippen LogP contribution in [0.2, 0.25) is 0 Å². The van der Waals surface area contributed by atoms with E-state index in [-0.39, 0.29) is 0 Å². The predicted molar refractivity (Wildman–Crippen MR) is 106 cm³/mol. The van der Waals surface area contributed by atoms with Crippen LogP contribution in [0.5, 0.6) is 5.75 Å². The Hall–Kier alpha value is -2.14. The summed E-state index contributed by atoms with van der Waals surface area (Å²) in [5.41, 5.74) is 3.72. The van der Waals surface area contributed by atoms with Gasteiger partial charge < -0.3 is 14.5 Å². The van der Waals surface area contributed by atoms with E-state index in [4.69, 9.17) is 9.72 Å². The second-order valence-corrected chi connectivity index (χ2v) is 7.33. The summed E-state index contributed by atoms with van der Waals surface area (Å²) in [6, 6.07) is 8.95. The Morgan fingerprint density at radius 2 is 1.81 bits per heavy atom. The van der Waals surface area contributed by atoms with Gasteiger partial charge in [0.15, 0.2) is 0 Å². The van der Waals surface area contributed by atoms with Gasteiger partial charge in [-0.3, -0.25) is 0 Å². The average molecular weight is 354 g/mol. The Bertz CT molecular complexity index is 757. The van der Waals surface area contributed by atoms with Crippen molar-refractivity contribution in [2.24, 2.45) is 0 Å². The summed E-state index contributed by atoms with van der Waals surface area (Å²) in [6.07, 6.45) is 0.956. The van der Waals surface area contributed by atoms with Gasteiger partial charge in [-0.25, -0.2) is 9.97 Å². The van der Waals surface area contributed by atoms with Gasteiger partial charge in [0.25, 0.3) is 0 Å². The van der Waals surface area contributed by atoms with Crippen LogP contribution in [0.25, 0.3) is 0 Å². The molecule has 1 saturated heterocycles. The van der Waals surface area contributed by atoms with Crippen molar-refractivity contribution in [3.8, 4) is 5.75 Å². The molecule has 0 N–H and O–H groups in total. The van der Waals surface area contributed by atoms with Crippen molar-refractivity contribution in [3.05, 3.63) is 46.9 Å². The number of ether oxygens (including phenoxy) is 1. The fourth-order valence-electron chi connectivity index (χ4n) is 4.05. The molecule has 1 fully saturated rings. The zero-order valence-corrected chi connectivity index (χ0v) is 16.8. The summed E-state index contributed by atoms with van der Waals surface area (Å²) >= 11 is 0. The number of methoxy groups -OCH3 is 1. The van der Waals surface area contributed by atoms with E-state index in [1.54, 1.807) is 7.11 Å². The number of benzene rings is 1. The monoisotopic (exact) mass is 354 g/mol. The van der Waals surface area contributed by atoms with E-state index < -0.39 is 0 Å². The largest absolute Gasteiger partial charge is 0.497 e. The van der Waals surface area contributed by atoms with Gasteiger partial charge in [0.1, 0.15) is 17.4 Å². The first-order valence-electron chi connectivity index (χ1n) is 9.34. The molecular weight excluding hydrogens is 324 g/mol. The number of likely N-dealkylation sites (N-methyl/N-ethyl adjacent to an activating group) is 1. The van der Waals surface area contributed by atoms with Crippen molar-refractivity contribution in [2.75, 3.05) is 39.2 Å². The van der Waals surface area contributed by atoms with Crippen molar-refractivity contribution < 1.29 is 4.74 Å². The Labute approximate surface area is 157 Å². The molecule has 0 radical (unpaired) electrons. The van der Waals surface area contributed by atoms with Crippen LogP contribution in [0.3, 0.4) is 0 Å². The molecule has 1 aromatic carbocycles. The third-order valence-electron chi connectivity index (χ3n) is 5.45. The van der Waals surface area contributed by atoms with E-state index in [9.17, 15) is 0 Å². The molecule has 0 bridgehead atoms. The fraction of sp³-hybridized carbons (Fsp3) is 0.524. The Balaban J connectivity index is 1.95. The molecule has 1 aliphatic heterocycles. The molecule has 26 heavy (non-hydrogen) atoms. The quantitative estimate of drug-likeness (QED) is 0.825. The minimum Gasteiger partial charge on any atom is -0.497 e. The molecular formula is C21H30N4O. The highest BCUT2D eigenvalue weighted by Crippen LogP contribution is 2.35. The van der Waals surface area contributed by atoms with E-state index in [2.05, 4.69) is 67.0 Å². The minimum absolute atomic E-state index is 0.441. The zero-order chi connectivity index (χ0) is 18.8. The number of aryl methyl sites for hydroxylation is 2. The number of nitrogens with zero attached hydrogens (tertiary/aromatic N) is 4. The molecule has 3 rings (SSSR count). The normalized spacial score (nSPS) is 20.0. The number of hydrogen-bond donors (Lipinski definition) is 0. The van der Waals surface area contributed by atoms with Crippen LogP contribution in [0.4, 0.5) is 5.82 Å². The van der Waals surface area contributed by atoms with E-state index >= 15 is 0 Å². The van der Waals surface area contributed by atoms with Crippen LogP contribution >= 0.6 is 0 Å². The standard InChI is InChI=1S/C21H30N4O/c1-7-18-14(2)22-15(3)23-21(18)25-12-19(20(13-25)24(4)5)16-8-10-17(26-6)11-9-16/h8-11,19-20H,7,12-13H2,1-6H3/t19-,20+/m0/s1. The van der Waals surface area contributed by atoms with Crippen LogP contribution in [-0.2, 0) is 6.42 Å². The number of aromatic nitrogens is 2. The Morgan fingerprint density at radius 3 is 2.38 bits per heavy atom. The molecule has 0 amide bonds. The van der Waals surface area contributed by atoms with Gasteiger partial charge in [0.05, 0.1) is 7.11 Å². The molecule has 1 aromatic heterocycles. The third-order valence-corrected chi connectivity index (χ3v) is 5.45. The first kappa shape index (κ1) is 18.6. The van der Waals surface area contributed by atoms with Gasteiger partial charge in [-0.15, -0.1) is 0 Å². The molecule has 2 heterocycles. The van der Waals surface area contributed by atoms with Crippen LogP contribution in [0, 0.1) is 13.8 Å². The second-order valence-electron chi connectivity index (χ2n) is 7.33. The lowest BCUT2D eigenvalue weighted by molar-refractivity contribution is 0.292. The molecule has 0 aliphatic carbocycles. The van der Waals surface area contributed by atoms with E-state index in [0.717, 1.165) is 42.6 Å². The smallest absolute Gasteiger partial charge is 0.135 e. The van der Waals surface area contributed by atoms with Crippen molar-refractivity contribution in [3.63, 3.8) is 0 Å². The summed E-state index contributed by atoms with van der Waals surface area (Å²) in [5, 5.41) is 0. The van der Waals surface area contributed by atoms with Crippen molar-refractivity contribution >= 4 is 5.82 Å². The van der Waals surface area contributed by atoms with Crippen LogP contribution in [0.15, 0.2) is 24.3 Å². The lowest BCUT2D eigenvalue weighted by Gasteiger charge is -2.25. The van der Waals surface area contributed by atoms with E-state index in [1.165, 1.54) is 11.1 Å². The molecule has 0 saturated carbocycles. The SMILES string of the molecule is CCc1c(C)nc(C)nc1N1C[C@@H](N(C)C)[C@H](c2ccc(OC)cc2)C1. The van der Waals surface area contributed by atoms with Gasteiger partial charge in [-0.05, 0) is 52.1 Å². The predicted octanol–water partition coefficient (Wildman–Crippen LogP) is 3.20. The zero-order valence-electron chi connectivity index (χ0n) is 16.8. The second kappa shape index (κ2) is 7.62. The van der Waals surface area contributed by atoms with Gasteiger partial charge in [-0.2, -0.15) is 0 Å². The molecule has 0 unspecified atom stereocenters. The highest BCUT2D eigenvalue weighted by molar-refractivity contribution is 5.52. The maximum atomic E-state index is 5.32. The topological polar surface area (TPSA) is 41.5 Å². The lowest BCUT2D eigenvalue weighted by Crippen LogP contribution is -2.34. The van der Waals surface area contributed by atoms with Gasteiger partial charge >= 0.3 is 0 Å². The maximum absolute atomic E-state index is 5.32. The highest BCUT2D eigenvalue weighted by atomic mass is 16.5. The fourth-order valence-corrected chi connectivity index (χ4v) is 4.05. The first-order chi connectivity index (χ1) is 12.4. The summed E-state index contributed by atoms with van der Waals surface area (Å²) < 4.78 is 5.32. The Morgan fingerprint density at radius 1 is 1.12 bits per heavy atom. The summed E-state index contributed by atoms with van der Waals surface area (Å²) in [5.74, 6) is 3.31. The molecule has 5 heteroatoms. The Kier molecular flexibility index (Phi) is 5.47. The summed E-state index contributed by atoms with van der Waals surface area (Å²) in [6.45, 7) is 8.21. The highest BCUT2D eigenvalue weighted by Gasteiger charge is 2.36. The average Bonchev–Trinajstić information content (AvgIpc) is 3.07. The van der Waals surface area contributed by atoms with Crippen LogP contribution in [0.1, 0.15) is 35.5 Å². The van der Waals surface area contributed by atoms with Gasteiger partial charge in [0, 0.05) is 36.3 Å². The van der Waals surface area contributed by atoms with Crippen molar-refractivity contribution in [1.82, 2.24) is 14.9 Å². The van der Waals surface area contributed by atoms with E-state index in [0.29, 0.717) is 12.0 Å². The minimum atomic E-state index is 0.441. The molecule has 2 atom stereocenters. The van der Waals surface area contributed by atoms with E-state index in [1.807, 2.05) is 6.92 Å². The first-order valence-corrected chi connectivity index (χ1v) is 9.34. The lowest BCUT2D eigenvalue weighted by atomic mass is 9.93. The van der Waals surface area contributed by atoms with Gasteiger partial charge in [0.2, 0.25) is 0 Å². The van der Waals surface area contributed by atoms with Crippen LogP contribution < -0.4 is 9.64 Å². The van der Waals surface area contributed by atoms with Gasteiger partial charge in [-0.1, -0.05) is 19.1 Å². The summed E-state index contributed by atoms with van der Waals surface area (Å²) in [4.78, 5) is 14.2. The molecule has 0 spiro atoms. The molecule has 2 aromatic rings. The number of hydrogen-bond acceptors (Lipinski definition) is 5. The molecule has 140 valence electrons. The third kappa shape index (κ3) is 3.54. The van der Waals surface area contributed by atoms with Crippen molar-refractivity contribution in [2.45, 2.75) is 39.2 Å². The number of rotatable bonds is 5.